The molecule has 0 spiro atoms. The Bertz CT molecular complexity index is 993. The minimum Gasteiger partial charge on any atom is -0.497 e. The summed E-state index contributed by atoms with van der Waals surface area (Å²) in [7, 11) is 1.55. The van der Waals surface area contributed by atoms with Crippen LogP contribution in [0, 0.1) is 5.92 Å². The highest BCUT2D eigenvalue weighted by Gasteiger charge is 2.50. The van der Waals surface area contributed by atoms with Gasteiger partial charge >= 0.3 is 12.1 Å². The maximum atomic E-state index is 12.7. The van der Waals surface area contributed by atoms with E-state index < -0.39 is 35.7 Å². The number of benzene rings is 1. The number of halogens is 1. The molecule has 0 bridgehead atoms. The fraction of sp³-hybridized carbons (Fsp3) is 0.524. The Morgan fingerprint density at radius 3 is 2.55 bits per heavy atom. The maximum absolute atomic E-state index is 12.7. The molecule has 2 aromatic rings. The van der Waals surface area contributed by atoms with Gasteiger partial charge in [-0.3, -0.25) is 4.90 Å². The van der Waals surface area contributed by atoms with Gasteiger partial charge in [0.2, 0.25) is 0 Å². The molecule has 1 aromatic carbocycles. The summed E-state index contributed by atoms with van der Waals surface area (Å²) in [6, 6.07) is 4.09. The number of carbonyl (C=O) groups excluding carboxylic acids is 1. The van der Waals surface area contributed by atoms with Crippen LogP contribution >= 0.6 is 11.6 Å². The van der Waals surface area contributed by atoms with Crippen molar-refractivity contribution < 1.29 is 28.9 Å². The third kappa shape index (κ3) is 4.92. The largest absolute Gasteiger partial charge is 0.497 e. The second kappa shape index (κ2) is 8.74. The van der Waals surface area contributed by atoms with E-state index in [9.17, 15) is 14.7 Å². The highest BCUT2D eigenvalue weighted by atomic mass is 35.5. The predicted molar refractivity (Wildman–Crippen MR) is 114 cm³/mol. The summed E-state index contributed by atoms with van der Waals surface area (Å²) in [5.74, 6) is -0.932. The van der Waals surface area contributed by atoms with Crippen molar-refractivity contribution in [3.63, 3.8) is 0 Å². The second-order valence-corrected chi connectivity index (χ2v) is 8.68. The molecule has 31 heavy (non-hydrogen) atoms. The van der Waals surface area contributed by atoms with Crippen molar-refractivity contribution in [1.82, 2.24) is 14.9 Å². The van der Waals surface area contributed by atoms with E-state index in [2.05, 4.69) is 9.97 Å². The third-order valence-corrected chi connectivity index (χ3v) is 5.26. The van der Waals surface area contributed by atoms with E-state index in [1.54, 1.807) is 46.1 Å². The van der Waals surface area contributed by atoms with Crippen molar-refractivity contribution in [3.05, 3.63) is 23.4 Å². The Balaban J connectivity index is 1.91. The number of ether oxygens (including phenoxy) is 3. The summed E-state index contributed by atoms with van der Waals surface area (Å²) in [5.41, 5.74) is 0.325. The zero-order chi connectivity index (χ0) is 22.9. The number of carbonyl (C=O) groups is 2. The van der Waals surface area contributed by atoms with Crippen LogP contribution < -0.4 is 9.47 Å². The van der Waals surface area contributed by atoms with Crippen molar-refractivity contribution in [2.45, 2.75) is 51.9 Å². The smallest absolute Gasteiger partial charge is 0.411 e. The van der Waals surface area contributed by atoms with Crippen LogP contribution in [0.15, 0.2) is 18.2 Å². The van der Waals surface area contributed by atoms with Gasteiger partial charge in [-0.1, -0.05) is 18.5 Å². The number of fused-ring (bicyclic) bond motifs is 1. The Hall–Kier alpha value is -2.81. The van der Waals surface area contributed by atoms with E-state index in [4.69, 9.17) is 25.8 Å². The van der Waals surface area contributed by atoms with Crippen molar-refractivity contribution in [2.75, 3.05) is 13.7 Å². The molecule has 1 fully saturated rings. The van der Waals surface area contributed by atoms with Crippen LogP contribution in [0.25, 0.3) is 11.0 Å². The number of carboxylic acid groups (broad SMARTS) is 1. The highest BCUT2D eigenvalue weighted by Crippen LogP contribution is 2.34. The number of carboxylic acids is 1. The Morgan fingerprint density at radius 2 is 1.97 bits per heavy atom. The number of aromatic nitrogens is 2. The number of likely N-dealkylation sites (tertiary alicyclic amines) is 1. The van der Waals surface area contributed by atoms with Gasteiger partial charge in [0.15, 0.2) is 5.15 Å². The molecule has 0 radical (unpaired) electrons. The van der Waals surface area contributed by atoms with Crippen LogP contribution in [0.2, 0.25) is 5.15 Å². The van der Waals surface area contributed by atoms with E-state index >= 15 is 0 Å². The number of aliphatic carboxylic acids is 1. The van der Waals surface area contributed by atoms with Crippen molar-refractivity contribution >= 4 is 34.7 Å². The molecule has 1 amide bonds. The van der Waals surface area contributed by atoms with Gasteiger partial charge in [-0.2, -0.15) is 0 Å². The van der Waals surface area contributed by atoms with Gasteiger partial charge < -0.3 is 19.3 Å². The second-order valence-electron chi connectivity index (χ2n) is 8.32. The molecule has 2 heterocycles. The quantitative estimate of drug-likeness (QED) is 0.731. The summed E-state index contributed by atoms with van der Waals surface area (Å²) in [6.45, 7) is 7.04. The average Bonchev–Trinajstić information content (AvgIpc) is 3.05. The lowest BCUT2D eigenvalue weighted by Gasteiger charge is -2.27. The first-order valence-electron chi connectivity index (χ1n) is 9.94. The minimum absolute atomic E-state index is 0.0263. The Kier molecular flexibility index (Phi) is 6.45. The molecule has 10 heteroatoms. The fourth-order valence-corrected chi connectivity index (χ4v) is 3.83. The van der Waals surface area contributed by atoms with E-state index in [-0.39, 0.29) is 17.6 Å². The average molecular weight is 452 g/mol. The van der Waals surface area contributed by atoms with Crippen molar-refractivity contribution in [1.29, 1.82) is 0 Å². The van der Waals surface area contributed by atoms with Gasteiger partial charge in [0.25, 0.3) is 5.88 Å². The van der Waals surface area contributed by atoms with Gasteiger partial charge in [-0.15, -0.1) is 0 Å². The molecule has 1 aliphatic heterocycles. The van der Waals surface area contributed by atoms with E-state index in [1.165, 1.54) is 4.90 Å². The van der Waals surface area contributed by atoms with Gasteiger partial charge in [-0.25, -0.2) is 19.6 Å². The van der Waals surface area contributed by atoms with Crippen LogP contribution in [-0.2, 0) is 9.53 Å². The SMILES string of the molecule is CC[C@@H]1[C@@H](Oc2nc3cc(OC)ccc3nc2Cl)CN(C(=O)OC(C)(C)C)[C@@H]1C(=O)O. The van der Waals surface area contributed by atoms with Crippen LogP contribution in [0.3, 0.4) is 0 Å². The minimum atomic E-state index is -1.12. The fourth-order valence-electron chi connectivity index (χ4n) is 3.65. The standard InChI is InChI=1S/C21H26ClN3O6/c1-6-12-15(10-25(16(12)19(26)27)20(28)31-21(2,3)4)30-18-17(22)23-13-8-7-11(29-5)9-14(13)24-18/h7-9,12,15-16H,6,10H2,1-5H3,(H,26,27)/t12-,15+,16+/m1/s1. The predicted octanol–water partition coefficient (Wildman–Crippen LogP) is 3.77. The highest BCUT2D eigenvalue weighted by molar-refractivity contribution is 6.31. The molecule has 0 saturated carbocycles. The van der Waals surface area contributed by atoms with Crippen molar-refractivity contribution in [2.24, 2.45) is 5.92 Å². The molecule has 3 atom stereocenters. The van der Waals surface area contributed by atoms with E-state index in [0.29, 0.717) is 23.2 Å². The van der Waals surface area contributed by atoms with Gasteiger partial charge in [0, 0.05) is 12.0 Å². The molecule has 168 valence electrons. The number of hydrogen-bond donors (Lipinski definition) is 1. The van der Waals surface area contributed by atoms with Crippen molar-refractivity contribution in [3.8, 4) is 11.6 Å². The number of hydrogen-bond acceptors (Lipinski definition) is 7. The van der Waals surface area contributed by atoms with Crippen LogP contribution in [0.5, 0.6) is 11.6 Å². The number of nitrogens with zero attached hydrogens (tertiary/aromatic N) is 3. The summed E-state index contributed by atoms with van der Waals surface area (Å²) in [6.07, 6.45) is -0.883. The molecule has 1 saturated heterocycles. The zero-order valence-corrected chi connectivity index (χ0v) is 18.8. The Morgan fingerprint density at radius 1 is 1.26 bits per heavy atom. The van der Waals surface area contributed by atoms with E-state index in [0.717, 1.165) is 0 Å². The maximum Gasteiger partial charge on any atom is 0.411 e. The lowest BCUT2D eigenvalue weighted by atomic mass is 9.95. The molecule has 1 aromatic heterocycles. The first kappa shape index (κ1) is 22.9. The summed E-state index contributed by atoms with van der Waals surface area (Å²) < 4.78 is 16.6. The Labute approximate surface area is 185 Å². The van der Waals surface area contributed by atoms with Gasteiger partial charge in [0.05, 0.1) is 24.7 Å². The summed E-state index contributed by atoms with van der Waals surface area (Å²) in [4.78, 5) is 34.6. The number of amides is 1. The molecular formula is C21H26ClN3O6. The molecular weight excluding hydrogens is 426 g/mol. The van der Waals surface area contributed by atoms with Crippen LogP contribution in [-0.4, -0.2) is 63.4 Å². The number of methoxy groups -OCH3 is 1. The lowest BCUT2D eigenvalue weighted by molar-refractivity contribution is -0.143. The van der Waals surface area contributed by atoms with Gasteiger partial charge in [0.1, 0.15) is 23.5 Å². The number of rotatable bonds is 5. The first-order valence-corrected chi connectivity index (χ1v) is 10.3. The molecule has 3 rings (SSSR count). The molecule has 1 aliphatic rings. The monoisotopic (exact) mass is 451 g/mol. The zero-order valence-electron chi connectivity index (χ0n) is 18.1. The normalized spacial score (nSPS) is 21.2. The molecule has 0 unspecified atom stereocenters. The molecule has 9 nitrogen and oxygen atoms in total. The molecule has 0 aliphatic carbocycles. The lowest BCUT2D eigenvalue weighted by Crippen LogP contribution is -2.45. The summed E-state index contributed by atoms with van der Waals surface area (Å²) in [5, 5.41) is 9.85. The van der Waals surface area contributed by atoms with E-state index in [1.807, 2.05) is 6.92 Å². The van der Waals surface area contributed by atoms with Crippen LogP contribution in [0.1, 0.15) is 34.1 Å². The molecule has 1 N–H and O–H groups in total. The van der Waals surface area contributed by atoms with Gasteiger partial charge in [-0.05, 0) is 39.3 Å². The topological polar surface area (TPSA) is 111 Å². The first-order chi connectivity index (χ1) is 14.5. The third-order valence-electron chi connectivity index (χ3n) is 5.01. The summed E-state index contributed by atoms with van der Waals surface area (Å²) >= 11 is 6.28. The van der Waals surface area contributed by atoms with Crippen LogP contribution in [0.4, 0.5) is 4.79 Å².